The SMILES string of the molecule is N#Cc1ccsc1C(=O)NCC(O)COc1ccc(F)cc1. The van der Waals surface area contributed by atoms with Gasteiger partial charge in [-0.2, -0.15) is 5.26 Å². The molecule has 1 heterocycles. The first-order chi connectivity index (χ1) is 10.6. The van der Waals surface area contributed by atoms with Crippen LogP contribution in [0.3, 0.4) is 0 Å². The van der Waals surface area contributed by atoms with Crippen LogP contribution in [0.15, 0.2) is 35.7 Å². The van der Waals surface area contributed by atoms with E-state index in [-0.39, 0.29) is 19.0 Å². The summed E-state index contributed by atoms with van der Waals surface area (Å²) in [5, 5.41) is 22.8. The van der Waals surface area contributed by atoms with Gasteiger partial charge in [-0.3, -0.25) is 4.79 Å². The van der Waals surface area contributed by atoms with Gasteiger partial charge in [0.15, 0.2) is 0 Å². The molecule has 0 aliphatic rings. The van der Waals surface area contributed by atoms with Gasteiger partial charge in [0.25, 0.3) is 5.91 Å². The highest BCUT2D eigenvalue weighted by Gasteiger charge is 2.14. The van der Waals surface area contributed by atoms with E-state index in [1.165, 1.54) is 24.3 Å². The van der Waals surface area contributed by atoms with Crippen molar-refractivity contribution in [2.24, 2.45) is 0 Å². The van der Waals surface area contributed by atoms with Crippen LogP contribution in [0.5, 0.6) is 5.75 Å². The van der Waals surface area contributed by atoms with E-state index >= 15 is 0 Å². The minimum atomic E-state index is -0.917. The number of carbonyl (C=O) groups is 1. The van der Waals surface area contributed by atoms with E-state index in [0.717, 1.165) is 11.3 Å². The number of ether oxygens (including phenoxy) is 1. The molecule has 5 nitrogen and oxygen atoms in total. The van der Waals surface area contributed by atoms with Crippen LogP contribution in [0.2, 0.25) is 0 Å². The van der Waals surface area contributed by atoms with Crippen LogP contribution >= 0.6 is 11.3 Å². The summed E-state index contributed by atoms with van der Waals surface area (Å²) in [7, 11) is 0. The molecule has 22 heavy (non-hydrogen) atoms. The Kier molecular flexibility index (Phi) is 5.47. The number of nitrogens with zero attached hydrogens (tertiary/aromatic N) is 1. The third-order valence-electron chi connectivity index (χ3n) is 2.75. The van der Waals surface area contributed by atoms with Crippen LogP contribution in [0.1, 0.15) is 15.2 Å². The molecule has 2 rings (SSSR count). The lowest BCUT2D eigenvalue weighted by Crippen LogP contribution is -2.35. The number of amides is 1. The summed E-state index contributed by atoms with van der Waals surface area (Å²) in [6.45, 7) is -0.0513. The Bertz CT molecular complexity index is 679. The van der Waals surface area contributed by atoms with Crippen molar-refractivity contribution < 1.29 is 19.0 Å². The summed E-state index contributed by atoms with van der Waals surface area (Å²) < 4.78 is 18.0. The highest BCUT2D eigenvalue weighted by Crippen LogP contribution is 2.15. The minimum absolute atomic E-state index is 0.0111. The van der Waals surface area contributed by atoms with Gasteiger partial charge in [-0.15, -0.1) is 11.3 Å². The molecule has 0 fully saturated rings. The summed E-state index contributed by atoms with van der Waals surface area (Å²) in [6.07, 6.45) is -0.917. The van der Waals surface area contributed by atoms with Crippen LogP contribution in [-0.2, 0) is 0 Å². The summed E-state index contributed by atoms with van der Waals surface area (Å²) in [6, 6.07) is 8.90. The molecule has 0 bridgehead atoms. The Balaban J connectivity index is 1.78. The number of aliphatic hydroxyl groups excluding tert-OH is 1. The van der Waals surface area contributed by atoms with Gasteiger partial charge in [-0.05, 0) is 35.7 Å². The second-order valence-corrected chi connectivity index (χ2v) is 5.32. The number of nitriles is 1. The number of rotatable bonds is 6. The van der Waals surface area contributed by atoms with Gasteiger partial charge in [-0.25, -0.2) is 4.39 Å². The number of benzene rings is 1. The van der Waals surface area contributed by atoms with Gasteiger partial charge in [0, 0.05) is 6.54 Å². The Morgan fingerprint density at radius 1 is 1.41 bits per heavy atom. The largest absolute Gasteiger partial charge is 0.491 e. The standard InChI is InChI=1S/C15H13FN2O3S/c16-11-1-3-13(4-2-11)21-9-12(19)8-18-15(20)14-10(7-17)5-6-22-14/h1-6,12,19H,8-9H2,(H,18,20). The minimum Gasteiger partial charge on any atom is -0.491 e. The van der Waals surface area contributed by atoms with Crippen molar-refractivity contribution in [3.8, 4) is 11.8 Å². The molecule has 0 spiro atoms. The van der Waals surface area contributed by atoms with E-state index < -0.39 is 12.0 Å². The van der Waals surface area contributed by atoms with Crippen molar-refractivity contribution in [1.29, 1.82) is 5.26 Å². The molecular formula is C15H13FN2O3S. The molecule has 0 aliphatic carbocycles. The smallest absolute Gasteiger partial charge is 0.262 e. The molecule has 2 N–H and O–H groups in total. The van der Waals surface area contributed by atoms with Crippen molar-refractivity contribution in [2.45, 2.75) is 6.10 Å². The van der Waals surface area contributed by atoms with Gasteiger partial charge in [0.2, 0.25) is 0 Å². The average Bonchev–Trinajstić information content (AvgIpc) is 3.00. The van der Waals surface area contributed by atoms with Crippen molar-refractivity contribution in [3.05, 3.63) is 52.0 Å². The number of nitrogens with one attached hydrogen (secondary N) is 1. The van der Waals surface area contributed by atoms with Crippen LogP contribution in [-0.4, -0.2) is 30.3 Å². The fourth-order valence-corrected chi connectivity index (χ4v) is 2.41. The predicted octanol–water partition coefficient (Wildman–Crippen LogP) is 1.93. The van der Waals surface area contributed by atoms with Gasteiger partial charge in [0.05, 0.1) is 5.56 Å². The topological polar surface area (TPSA) is 82.4 Å². The fraction of sp³-hybridized carbons (Fsp3) is 0.200. The number of aliphatic hydroxyl groups is 1. The van der Waals surface area contributed by atoms with Crippen molar-refractivity contribution in [2.75, 3.05) is 13.2 Å². The van der Waals surface area contributed by atoms with Crippen LogP contribution in [0.4, 0.5) is 4.39 Å². The molecule has 1 atom stereocenters. The van der Waals surface area contributed by atoms with Gasteiger partial charge in [0.1, 0.15) is 35.2 Å². The summed E-state index contributed by atoms with van der Waals surface area (Å²) in [5.41, 5.74) is 0.305. The molecule has 0 radical (unpaired) electrons. The van der Waals surface area contributed by atoms with E-state index in [0.29, 0.717) is 16.2 Å². The Morgan fingerprint density at radius 2 is 2.14 bits per heavy atom. The molecule has 1 aromatic carbocycles. The lowest BCUT2D eigenvalue weighted by molar-refractivity contribution is 0.0846. The van der Waals surface area contributed by atoms with E-state index in [4.69, 9.17) is 10.00 Å². The molecule has 0 aliphatic heterocycles. The molecular weight excluding hydrogens is 307 g/mol. The van der Waals surface area contributed by atoms with Crippen molar-refractivity contribution in [3.63, 3.8) is 0 Å². The third-order valence-corrected chi connectivity index (χ3v) is 3.66. The van der Waals surface area contributed by atoms with Crippen LogP contribution < -0.4 is 10.1 Å². The molecule has 0 saturated heterocycles. The lowest BCUT2D eigenvalue weighted by Gasteiger charge is -2.13. The monoisotopic (exact) mass is 320 g/mol. The first-order valence-electron chi connectivity index (χ1n) is 6.42. The first kappa shape index (κ1) is 15.9. The van der Waals surface area contributed by atoms with E-state index in [9.17, 15) is 14.3 Å². The van der Waals surface area contributed by atoms with Crippen molar-refractivity contribution in [1.82, 2.24) is 5.32 Å². The zero-order valence-electron chi connectivity index (χ0n) is 11.5. The fourth-order valence-electron chi connectivity index (χ4n) is 1.65. The van der Waals surface area contributed by atoms with E-state index in [1.807, 2.05) is 6.07 Å². The maximum atomic E-state index is 12.7. The Labute approximate surface area is 130 Å². The molecule has 1 amide bonds. The molecule has 1 unspecified atom stereocenters. The first-order valence-corrected chi connectivity index (χ1v) is 7.30. The third kappa shape index (κ3) is 4.28. The molecule has 1 aromatic heterocycles. The summed E-state index contributed by atoms with van der Waals surface area (Å²) in [5.74, 6) is -0.353. The molecule has 114 valence electrons. The van der Waals surface area contributed by atoms with E-state index in [2.05, 4.69) is 5.32 Å². The Morgan fingerprint density at radius 3 is 2.82 bits per heavy atom. The average molecular weight is 320 g/mol. The van der Waals surface area contributed by atoms with Gasteiger partial charge in [-0.1, -0.05) is 0 Å². The lowest BCUT2D eigenvalue weighted by atomic mass is 10.2. The molecule has 2 aromatic rings. The van der Waals surface area contributed by atoms with E-state index in [1.54, 1.807) is 11.4 Å². The van der Waals surface area contributed by atoms with Crippen LogP contribution in [0.25, 0.3) is 0 Å². The quantitative estimate of drug-likeness (QED) is 0.852. The number of thiophene rings is 1. The summed E-state index contributed by atoms with van der Waals surface area (Å²) >= 11 is 1.16. The maximum Gasteiger partial charge on any atom is 0.262 e. The molecule has 7 heteroatoms. The zero-order chi connectivity index (χ0) is 15.9. The summed E-state index contributed by atoms with van der Waals surface area (Å²) in [4.78, 5) is 12.2. The van der Waals surface area contributed by atoms with Crippen LogP contribution in [0, 0.1) is 17.1 Å². The number of hydrogen-bond donors (Lipinski definition) is 2. The highest BCUT2D eigenvalue weighted by molar-refractivity contribution is 7.12. The molecule has 0 saturated carbocycles. The van der Waals surface area contributed by atoms with Gasteiger partial charge >= 0.3 is 0 Å². The second-order valence-electron chi connectivity index (χ2n) is 4.40. The van der Waals surface area contributed by atoms with Gasteiger partial charge < -0.3 is 15.2 Å². The predicted molar refractivity (Wildman–Crippen MR) is 79.3 cm³/mol. The number of hydrogen-bond acceptors (Lipinski definition) is 5. The number of halogens is 1. The zero-order valence-corrected chi connectivity index (χ0v) is 12.3. The second kappa shape index (κ2) is 7.54. The number of carbonyl (C=O) groups excluding carboxylic acids is 1. The normalized spacial score (nSPS) is 11.5. The van der Waals surface area contributed by atoms with Crippen molar-refractivity contribution >= 4 is 17.2 Å². The maximum absolute atomic E-state index is 12.7. The Hall–Kier alpha value is -2.43. The highest BCUT2D eigenvalue weighted by atomic mass is 32.1.